The maximum Gasteiger partial charge on any atom is 0.443 e. The molecular formula is C10H14F3N3OS. The van der Waals surface area contributed by atoms with Crippen LogP contribution in [0.4, 0.5) is 13.2 Å². The molecule has 2 rings (SSSR count). The molecule has 102 valence electrons. The van der Waals surface area contributed by atoms with Crippen LogP contribution < -0.4 is 11.3 Å². The molecule has 3 N–H and O–H groups in total. The van der Waals surface area contributed by atoms with Crippen molar-refractivity contribution in [3.05, 3.63) is 16.1 Å². The second-order valence-electron chi connectivity index (χ2n) is 4.24. The minimum Gasteiger partial charge on any atom is -0.378 e. The first-order valence-electron chi connectivity index (χ1n) is 5.54. The lowest BCUT2D eigenvalue weighted by atomic mass is 9.93. The lowest BCUT2D eigenvalue weighted by Gasteiger charge is -2.23. The number of nitrogens with one attached hydrogen (secondary N) is 1. The molecule has 3 unspecified atom stereocenters. The molecule has 3 atom stereocenters. The predicted octanol–water partition coefficient (Wildman–Crippen LogP) is 2.09. The Hall–Kier alpha value is -0.700. The van der Waals surface area contributed by atoms with Crippen molar-refractivity contribution in [2.75, 3.05) is 6.61 Å². The van der Waals surface area contributed by atoms with Crippen LogP contribution in [0.25, 0.3) is 0 Å². The standard InChI is InChI=1S/C10H14F3N3OS/c1-5-6(2-3-17-5)8(16-14)7-4-15-9(18-7)10(11,12)13/h4-6,8,16H,2-3,14H2,1H3. The van der Waals surface area contributed by atoms with Crippen LogP contribution in [-0.2, 0) is 10.9 Å². The summed E-state index contributed by atoms with van der Waals surface area (Å²) in [5.41, 5.74) is 2.58. The van der Waals surface area contributed by atoms with Gasteiger partial charge in [0.15, 0.2) is 5.01 Å². The number of thiazole rings is 1. The Morgan fingerprint density at radius 3 is 2.78 bits per heavy atom. The van der Waals surface area contributed by atoms with Crippen LogP contribution in [0.2, 0.25) is 0 Å². The Bertz CT molecular complexity index is 409. The third kappa shape index (κ3) is 2.66. The van der Waals surface area contributed by atoms with Crippen LogP contribution in [-0.4, -0.2) is 17.7 Å². The lowest BCUT2D eigenvalue weighted by Crippen LogP contribution is -2.35. The van der Waals surface area contributed by atoms with E-state index in [1.165, 1.54) is 6.20 Å². The lowest BCUT2D eigenvalue weighted by molar-refractivity contribution is -0.137. The zero-order valence-corrected chi connectivity index (χ0v) is 10.5. The highest BCUT2D eigenvalue weighted by Gasteiger charge is 2.38. The molecule has 1 aliphatic rings. The van der Waals surface area contributed by atoms with Gasteiger partial charge in [-0.3, -0.25) is 11.3 Å². The van der Waals surface area contributed by atoms with E-state index in [9.17, 15) is 13.2 Å². The fraction of sp³-hybridized carbons (Fsp3) is 0.700. The predicted molar refractivity (Wildman–Crippen MR) is 60.7 cm³/mol. The van der Waals surface area contributed by atoms with E-state index >= 15 is 0 Å². The van der Waals surface area contributed by atoms with Crippen LogP contribution in [0.5, 0.6) is 0 Å². The van der Waals surface area contributed by atoms with E-state index in [2.05, 4.69) is 10.4 Å². The van der Waals surface area contributed by atoms with Gasteiger partial charge in [-0.05, 0) is 13.3 Å². The van der Waals surface area contributed by atoms with E-state index in [-0.39, 0.29) is 18.1 Å². The van der Waals surface area contributed by atoms with Crippen molar-refractivity contribution in [3.8, 4) is 0 Å². The number of aromatic nitrogens is 1. The van der Waals surface area contributed by atoms with E-state index in [1.807, 2.05) is 6.92 Å². The van der Waals surface area contributed by atoms with Gasteiger partial charge in [0.25, 0.3) is 0 Å². The minimum absolute atomic E-state index is 0.0255. The van der Waals surface area contributed by atoms with Crippen molar-refractivity contribution < 1.29 is 17.9 Å². The molecule has 1 fully saturated rings. The number of halogens is 3. The fourth-order valence-electron chi connectivity index (χ4n) is 2.16. The smallest absolute Gasteiger partial charge is 0.378 e. The summed E-state index contributed by atoms with van der Waals surface area (Å²) < 4.78 is 42.9. The molecule has 2 heterocycles. The van der Waals surface area contributed by atoms with Crippen LogP contribution in [0.15, 0.2) is 6.20 Å². The molecule has 0 aliphatic carbocycles. The zero-order valence-electron chi connectivity index (χ0n) is 9.70. The minimum atomic E-state index is -4.40. The van der Waals surface area contributed by atoms with Crippen molar-refractivity contribution in [1.29, 1.82) is 0 Å². The van der Waals surface area contributed by atoms with Crippen molar-refractivity contribution in [2.45, 2.75) is 31.7 Å². The number of rotatable bonds is 3. The summed E-state index contributed by atoms with van der Waals surface area (Å²) in [6, 6.07) is -0.351. The van der Waals surface area contributed by atoms with E-state index in [0.717, 1.165) is 6.42 Å². The van der Waals surface area contributed by atoms with E-state index in [0.29, 0.717) is 22.8 Å². The normalized spacial score (nSPS) is 26.5. The van der Waals surface area contributed by atoms with Crippen LogP contribution in [0.3, 0.4) is 0 Å². The van der Waals surface area contributed by atoms with Gasteiger partial charge in [-0.15, -0.1) is 11.3 Å². The molecule has 1 aliphatic heterocycles. The van der Waals surface area contributed by atoms with Crippen LogP contribution in [0, 0.1) is 5.92 Å². The number of hydrogen-bond acceptors (Lipinski definition) is 5. The zero-order chi connectivity index (χ0) is 13.3. The SMILES string of the molecule is CC1OCCC1C(NN)c1cnc(C(F)(F)F)s1. The topological polar surface area (TPSA) is 60.2 Å². The molecule has 1 aromatic rings. The molecule has 0 saturated carbocycles. The maximum absolute atomic E-state index is 12.5. The van der Waals surface area contributed by atoms with Crippen molar-refractivity contribution in [3.63, 3.8) is 0 Å². The van der Waals surface area contributed by atoms with Crippen molar-refractivity contribution in [2.24, 2.45) is 11.8 Å². The van der Waals surface area contributed by atoms with Gasteiger partial charge in [0, 0.05) is 23.6 Å². The van der Waals surface area contributed by atoms with E-state index < -0.39 is 11.2 Å². The molecular weight excluding hydrogens is 267 g/mol. The first-order chi connectivity index (χ1) is 8.43. The summed E-state index contributed by atoms with van der Waals surface area (Å²) in [4.78, 5) is 3.90. The quantitative estimate of drug-likeness (QED) is 0.658. The molecule has 8 heteroatoms. The number of ether oxygens (including phenoxy) is 1. The second-order valence-corrected chi connectivity index (χ2v) is 5.30. The molecule has 1 aromatic heterocycles. The van der Waals surface area contributed by atoms with Crippen molar-refractivity contribution in [1.82, 2.24) is 10.4 Å². The van der Waals surface area contributed by atoms with Gasteiger partial charge >= 0.3 is 6.18 Å². The van der Waals surface area contributed by atoms with Gasteiger partial charge in [0.05, 0.1) is 12.1 Å². The third-order valence-electron chi connectivity index (χ3n) is 3.12. The highest BCUT2D eigenvalue weighted by molar-refractivity contribution is 7.11. The monoisotopic (exact) mass is 281 g/mol. The van der Waals surface area contributed by atoms with Gasteiger partial charge in [0.2, 0.25) is 0 Å². The van der Waals surface area contributed by atoms with Gasteiger partial charge in [0.1, 0.15) is 0 Å². The molecule has 0 aromatic carbocycles. The summed E-state index contributed by atoms with van der Waals surface area (Å²) in [5, 5.41) is -0.843. The maximum atomic E-state index is 12.5. The summed E-state index contributed by atoms with van der Waals surface area (Å²) >= 11 is 0.627. The summed E-state index contributed by atoms with van der Waals surface area (Å²) in [7, 11) is 0. The number of hydrogen-bond donors (Lipinski definition) is 2. The van der Waals surface area contributed by atoms with Gasteiger partial charge in [-0.25, -0.2) is 4.98 Å². The van der Waals surface area contributed by atoms with Gasteiger partial charge < -0.3 is 4.74 Å². The van der Waals surface area contributed by atoms with Crippen molar-refractivity contribution >= 4 is 11.3 Å². The Balaban J connectivity index is 2.20. The molecule has 1 saturated heterocycles. The molecule has 0 radical (unpaired) electrons. The Morgan fingerprint density at radius 2 is 2.33 bits per heavy atom. The number of nitrogens with two attached hydrogens (primary N) is 1. The number of nitrogens with zero attached hydrogens (tertiary/aromatic N) is 1. The summed E-state index contributed by atoms with van der Waals surface area (Å²) in [6.07, 6.45) is -2.42. The van der Waals surface area contributed by atoms with Gasteiger partial charge in [-0.1, -0.05) is 0 Å². The molecule has 4 nitrogen and oxygen atoms in total. The molecule has 18 heavy (non-hydrogen) atoms. The van der Waals surface area contributed by atoms with E-state index in [1.54, 1.807) is 0 Å². The third-order valence-corrected chi connectivity index (χ3v) is 4.24. The average molecular weight is 281 g/mol. The molecule has 0 amide bonds. The largest absolute Gasteiger partial charge is 0.443 e. The highest BCUT2D eigenvalue weighted by atomic mass is 32.1. The second kappa shape index (κ2) is 5.12. The number of alkyl halides is 3. The fourth-order valence-corrected chi connectivity index (χ4v) is 3.08. The molecule has 0 spiro atoms. The molecule has 0 bridgehead atoms. The van der Waals surface area contributed by atoms with Crippen LogP contribution in [0.1, 0.15) is 29.3 Å². The van der Waals surface area contributed by atoms with Crippen LogP contribution >= 0.6 is 11.3 Å². The number of hydrazine groups is 1. The first-order valence-corrected chi connectivity index (χ1v) is 6.35. The van der Waals surface area contributed by atoms with Gasteiger partial charge in [-0.2, -0.15) is 13.2 Å². The highest BCUT2D eigenvalue weighted by Crippen LogP contribution is 2.39. The summed E-state index contributed by atoms with van der Waals surface area (Å²) in [5.74, 6) is 5.52. The Morgan fingerprint density at radius 1 is 1.61 bits per heavy atom. The summed E-state index contributed by atoms with van der Waals surface area (Å²) in [6.45, 7) is 2.50. The Labute approximate surface area is 106 Å². The van der Waals surface area contributed by atoms with E-state index in [4.69, 9.17) is 10.6 Å². The first kappa shape index (κ1) is 13.7. The Kier molecular flexibility index (Phi) is 3.90. The average Bonchev–Trinajstić information content (AvgIpc) is 2.89.